The van der Waals surface area contributed by atoms with E-state index in [1.807, 2.05) is 0 Å². The van der Waals surface area contributed by atoms with Gasteiger partial charge in [-0.3, -0.25) is 4.79 Å². The van der Waals surface area contributed by atoms with E-state index in [1.54, 1.807) is 7.11 Å². The molecule has 0 aromatic heterocycles. The van der Waals surface area contributed by atoms with E-state index in [-0.39, 0.29) is 29.3 Å². The maximum atomic E-state index is 12.6. The van der Waals surface area contributed by atoms with Gasteiger partial charge < -0.3 is 5.11 Å². The highest BCUT2D eigenvalue weighted by Gasteiger charge is 2.65. The number of fused-ring (bicyclic) bond motifs is 3. The second-order valence-electron chi connectivity index (χ2n) is 9.30. The molecule has 4 heteroatoms. The maximum Gasteiger partial charge on any atom is 0.310 e. The predicted molar refractivity (Wildman–Crippen MR) is 96.8 cm³/mol. The van der Waals surface area contributed by atoms with Gasteiger partial charge in [0.15, 0.2) is 0 Å². The minimum absolute atomic E-state index is 0.118. The molecule has 2 saturated carbocycles. The van der Waals surface area contributed by atoms with Gasteiger partial charge in [0, 0.05) is 5.92 Å². The van der Waals surface area contributed by atoms with Crippen molar-refractivity contribution in [2.45, 2.75) is 72.3 Å². The van der Waals surface area contributed by atoms with Crippen molar-refractivity contribution in [3.05, 3.63) is 11.6 Å². The molecule has 2 unspecified atom stereocenters. The Labute approximate surface area is 151 Å². The van der Waals surface area contributed by atoms with Gasteiger partial charge in [-0.2, -0.15) is 0 Å². The third-order valence-corrected chi connectivity index (χ3v) is 7.76. The highest BCUT2D eigenvalue weighted by Crippen LogP contribution is 2.66. The Balaban J connectivity index is 2.07. The fourth-order valence-corrected chi connectivity index (χ4v) is 6.58. The van der Waals surface area contributed by atoms with E-state index in [0.717, 1.165) is 38.5 Å². The van der Waals surface area contributed by atoms with Gasteiger partial charge in [-0.15, -0.1) is 0 Å². The zero-order valence-corrected chi connectivity index (χ0v) is 16.4. The zero-order chi connectivity index (χ0) is 18.4. The molecule has 0 bridgehead atoms. The van der Waals surface area contributed by atoms with E-state index >= 15 is 0 Å². The lowest BCUT2D eigenvalue weighted by molar-refractivity contribution is -0.317. The van der Waals surface area contributed by atoms with E-state index in [4.69, 9.17) is 9.78 Å². The number of carboxylic acid groups (broad SMARTS) is 1. The van der Waals surface area contributed by atoms with Gasteiger partial charge >= 0.3 is 5.97 Å². The van der Waals surface area contributed by atoms with Crippen molar-refractivity contribution < 1.29 is 19.7 Å². The van der Waals surface area contributed by atoms with Crippen LogP contribution in [-0.2, 0) is 14.6 Å². The van der Waals surface area contributed by atoms with Gasteiger partial charge in [0.1, 0.15) is 6.10 Å². The summed E-state index contributed by atoms with van der Waals surface area (Å²) in [7, 11) is 1.56. The van der Waals surface area contributed by atoms with Crippen LogP contribution in [0.3, 0.4) is 0 Å². The van der Waals surface area contributed by atoms with E-state index in [1.165, 1.54) is 5.57 Å². The van der Waals surface area contributed by atoms with Crippen LogP contribution >= 0.6 is 0 Å². The zero-order valence-electron chi connectivity index (χ0n) is 16.4. The van der Waals surface area contributed by atoms with Crippen LogP contribution in [0.1, 0.15) is 66.2 Å². The number of allylic oxidation sites excluding steroid dienone is 1. The van der Waals surface area contributed by atoms with Gasteiger partial charge in [0.25, 0.3) is 0 Å². The second kappa shape index (κ2) is 6.70. The van der Waals surface area contributed by atoms with Crippen LogP contribution in [-0.4, -0.2) is 24.3 Å². The molecule has 0 amide bonds. The molecular formula is C21H34O4. The SMILES string of the molecule is COO[C@@H]1C=C(C)CC[C@]2(C)CC[C@]3(C(=O)O)C(C(C)C)CCC3[C@H]12. The lowest BCUT2D eigenvalue weighted by Crippen LogP contribution is -2.55. The summed E-state index contributed by atoms with van der Waals surface area (Å²) in [5.41, 5.74) is 0.851. The fourth-order valence-electron chi connectivity index (χ4n) is 6.58. The molecule has 0 radical (unpaired) electrons. The molecule has 0 saturated heterocycles. The standard InChI is InChI=1S/C21H34O4/c1-13(2)15-6-7-16-18-17(25-24-5)12-14(3)8-9-20(18,4)10-11-21(15,16)19(22)23/h12-13,15-18H,6-11H2,1-5H3,(H,22,23)/t15?,16?,17-,18-,20-,21+/m1/s1. The lowest BCUT2D eigenvalue weighted by Gasteiger charge is -2.54. The molecule has 1 N–H and O–H groups in total. The molecule has 0 heterocycles. The van der Waals surface area contributed by atoms with Crippen LogP contribution in [0.4, 0.5) is 0 Å². The summed E-state index contributed by atoms with van der Waals surface area (Å²) < 4.78 is 0. The first-order valence-corrected chi connectivity index (χ1v) is 9.86. The van der Waals surface area contributed by atoms with Gasteiger partial charge in [-0.05, 0) is 68.6 Å². The summed E-state index contributed by atoms with van der Waals surface area (Å²) in [6, 6.07) is 0. The van der Waals surface area contributed by atoms with Crippen LogP contribution in [0.2, 0.25) is 0 Å². The largest absolute Gasteiger partial charge is 0.481 e. The Hall–Kier alpha value is -0.870. The number of aliphatic carboxylic acids is 1. The van der Waals surface area contributed by atoms with Crippen molar-refractivity contribution in [1.29, 1.82) is 0 Å². The smallest absolute Gasteiger partial charge is 0.310 e. The number of carbonyl (C=O) groups is 1. The van der Waals surface area contributed by atoms with Crippen molar-refractivity contribution in [1.82, 2.24) is 0 Å². The number of carboxylic acids is 1. The van der Waals surface area contributed by atoms with Crippen LogP contribution < -0.4 is 0 Å². The number of hydrogen-bond acceptors (Lipinski definition) is 3. The third-order valence-electron chi connectivity index (χ3n) is 7.76. The average Bonchev–Trinajstić information content (AvgIpc) is 2.88. The van der Waals surface area contributed by atoms with E-state index < -0.39 is 11.4 Å². The summed E-state index contributed by atoms with van der Waals surface area (Å²) in [5.74, 6) is 0.445. The summed E-state index contributed by atoms with van der Waals surface area (Å²) >= 11 is 0. The van der Waals surface area contributed by atoms with Gasteiger partial charge in [-0.25, -0.2) is 9.78 Å². The van der Waals surface area contributed by atoms with Crippen LogP contribution in [0, 0.1) is 34.5 Å². The summed E-state index contributed by atoms with van der Waals surface area (Å²) in [6.45, 7) is 8.88. The van der Waals surface area contributed by atoms with Crippen LogP contribution in [0.25, 0.3) is 0 Å². The molecule has 3 aliphatic rings. The van der Waals surface area contributed by atoms with Crippen molar-refractivity contribution in [3.8, 4) is 0 Å². The van der Waals surface area contributed by atoms with Gasteiger partial charge in [0.05, 0.1) is 12.5 Å². The Kier molecular flexibility index (Phi) is 5.06. The van der Waals surface area contributed by atoms with Crippen molar-refractivity contribution in [2.24, 2.45) is 34.5 Å². The van der Waals surface area contributed by atoms with Crippen LogP contribution in [0.15, 0.2) is 11.6 Å². The Morgan fingerprint density at radius 2 is 2.00 bits per heavy atom. The molecule has 0 aromatic rings. The molecule has 3 aliphatic carbocycles. The molecule has 0 aliphatic heterocycles. The van der Waals surface area contributed by atoms with Gasteiger partial charge in [-0.1, -0.05) is 32.4 Å². The molecule has 25 heavy (non-hydrogen) atoms. The van der Waals surface area contributed by atoms with Crippen molar-refractivity contribution in [2.75, 3.05) is 7.11 Å². The highest BCUT2D eigenvalue weighted by molar-refractivity contribution is 5.76. The molecular weight excluding hydrogens is 316 g/mol. The van der Waals surface area contributed by atoms with Crippen molar-refractivity contribution >= 4 is 5.97 Å². The lowest BCUT2D eigenvalue weighted by atomic mass is 9.49. The quantitative estimate of drug-likeness (QED) is 0.448. The maximum absolute atomic E-state index is 12.6. The third kappa shape index (κ3) is 2.86. The van der Waals surface area contributed by atoms with Crippen LogP contribution in [0.5, 0.6) is 0 Å². The van der Waals surface area contributed by atoms with Gasteiger partial charge in [0.2, 0.25) is 0 Å². The molecule has 2 fully saturated rings. The monoisotopic (exact) mass is 350 g/mol. The van der Waals surface area contributed by atoms with Crippen molar-refractivity contribution in [3.63, 3.8) is 0 Å². The minimum atomic E-state index is -0.597. The molecule has 0 aromatic carbocycles. The first kappa shape index (κ1) is 18.9. The Morgan fingerprint density at radius 1 is 1.28 bits per heavy atom. The first-order valence-electron chi connectivity index (χ1n) is 9.86. The molecule has 3 rings (SSSR count). The summed E-state index contributed by atoms with van der Waals surface area (Å²) in [4.78, 5) is 23.4. The predicted octanol–water partition coefficient (Wildman–Crippen LogP) is 4.84. The topological polar surface area (TPSA) is 55.8 Å². The molecule has 6 atom stereocenters. The van der Waals surface area contributed by atoms with E-state index in [9.17, 15) is 9.90 Å². The fraction of sp³-hybridized carbons (Fsp3) is 0.857. The van der Waals surface area contributed by atoms with E-state index in [2.05, 4.69) is 33.8 Å². The Morgan fingerprint density at radius 3 is 2.60 bits per heavy atom. The number of hydrogen-bond donors (Lipinski definition) is 1. The number of rotatable bonds is 4. The molecule has 0 spiro atoms. The Bertz CT molecular complexity index is 554. The normalized spacial score (nSPS) is 44.0. The second-order valence-corrected chi connectivity index (χ2v) is 9.30. The molecule has 142 valence electrons. The first-order chi connectivity index (χ1) is 11.8. The highest BCUT2D eigenvalue weighted by atomic mass is 17.2. The summed E-state index contributed by atoms with van der Waals surface area (Å²) in [5, 5.41) is 10.3. The minimum Gasteiger partial charge on any atom is -0.481 e. The average molecular weight is 350 g/mol. The van der Waals surface area contributed by atoms with E-state index in [0.29, 0.717) is 5.92 Å². The molecule has 4 nitrogen and oxygen atoms in total. The summed E-state index contributed by atoms with van der Waals surface area (Å²) in [6.07, 6.45) is 8.01.